The number of amides is 3. The third kappa shape index (κ3) is 3.92. The maximum atomic E-state index is 13.2. The van der Waals surface area contributed by atoms with Crippen LogP contribution in [0, 0.1) is 0 Å². The first-order valence-corrected chi connectivity index (χ1v) is 10.7. The SMILES string of the molecule is O=C(Nc1c[nH]c(=O)[nH]c1=O)c1ccc2c(c1)C(=O)N(c1cccc(C(=O)c3ccccc3)c1)C2=O. The minimum absolute atomic E-state index is 0.00261. The molecule has 5 rings (SSSR count). The van der Waals surface area contributed by atoms with Gasteiger partial charge in [0.15, 0.2) is 5.78 Å². The number of H-pyrrole nitrogens is 2. The van der Waals surface area contributed by atoms with E-state index < -0.39 is 29.0 Å². The molecule has 10 heteroatoms. The second kappa shape index (κ2) is 8.76. The molecule has 3 aromatic carbocycles. The van der Waals surface area contributed by atoms with Gasteiger partial charge in [0, 0.05) is 22.9 Å². The van der Waals surface area contributed by atoms with E-state index in [1.165, 1.54) is 24.3 Å². The minimum Gasteiger partial charge on any atom is -0.316 e. The second-order valence-corrected chi connectivity index (χ2v) is 7.89. The zero-order chi connectivity index (χ0) is 25.4. The Hall–Kier alpha value is -5.38. The maximum absolute atomic E-state index is 13.2. The minimum atomic E-state index is -0.796. The van der Waals surface area contributed by atoms with E-state index in [-0.39, 0.29) is 33.8 Å². The predicted molar refractivity (Wildman–Crippen MR) is 130 cm³/mol. The van der Waals surface area contributed by atoms with Crippen LogP contribution in [0.3, 0.4) is 0 Å². The van der Waals surface area contributed by atoms with Crippen LogP contribution < -0.4 is 21.5 Å². The molecule has 1 aromatic heterocycles. The number of hydrogen-bond donors (Lipinski definition) is 3. The molecule has 0 aliphatic carbocycles. The van der Waals surface area contributed by atoms with E-state index in [9.17, 15) is 28.8 Å². The summed E-state index contributed by atoms with van der Waals surface area (Å²) in [6, 6.07) is 18.7. The highest BCUT2D eigenvalue weighted by Gasteiger charge is 2.37. The number of benzene rings is 3. The third-order valence-electron chi connectivity index (χ3n) is 5.62. The number of aromatic nitrogens is 2. The number of nitrogens with one attached hydrogen (secondary N) is 3. The highest BCUT2D eigenvalue weighted by atomic mass is 16.2. The lowest BCUT2D eigenvalue weighted by molar-refractivity contribution is 0.0923. The fourth-order valence-corrected chi connectivity index (χ4v) is 3.86. The van der Waals surface area contributed by atoms with Crippen molar-refractivity contribution in [1.82, 2.24) is 9.97 Å². The smallest absolute Gasteiger partial charge is 0.316 e. The molecule has 0 unspecified atom stereocenters. The number of anilines is 2. The van der Waals surface area contributed by atoms with Crippen LogP contribution in [-0.4, -0.2) is 33.5 Å². The van der Waals surface area contributed by atoms with Gasteiger partial charge in [-0.15, -0.1) is 0 Å². The van der Waals surface area contributed by atoms with E-state index in [0.29, 0.717) is 11.1 Å². The van der Waals surface area contributed by atoms with Crippen molar-refractivity contribution in [2.24, 2.45) is 0 Å². The van der Waals surface area contributed by atoms with Crippen molar-refractivity contribution < 1.29 is 19.2 Å². The maximum Gasteiger partial charge on any atom is 0.325 e. The van der Waals surface area contributed by atoms with Crippen LogP contribution >= 0.6 is 0 Å². The Morgan fingerprint density at radius 3 is 2.19 bits per heavy atom. The number of nitrogens with zero attached hydrogens (tertiary/aromatic N) is 1. The van der Waals surface area contributed by atoms with Gasteiger partial charge in [-0.2, -0.15) is 0 Å². The van der Waals surface area contributed by atoms with Crippen molar-refractivity contribution in [3.05, 3.63) is 128 Å². The Labute approximate surface area is 202 Å². The zero-order valence-corrected chi connectivity index (χ0v) is 18.4. The van der Waals surface area contributed by atoms with E-state index in [0.717, 1.165) is 11.1 Å². The summed E-state index contributed by atoms with van der Waals surface area (Å²) in [6.45, 7) is 0. The van der Waals surface area contributed by atoms with E-state index >= 15 is 0 Å². The van der Waals surface area contributed by atoms with Gasteiger partial charge in [-0.1, -0.05) is 42.5 Å². The molecule has 176 valence electrons. The first-order chi connectivity index (χ1) is 17.3. The fourth-order valence-electron chi connectivity index (χ4n) is 3.86. The van der Waals surface area contributed by atoms with Crippen molar-refractivity contribution in [2.45, 2.75) is 0 Å². The molecule has 0 saturated heterocycles. The molecular weight excluding hydrogens is 464 g/mol. The summed E-state index contributed by atoms with van der Waals surface area (Å²) in [4.78, 5) is 79.9. The van der Waals surface area contributed by atoms with Crippen LogP contribution in [0.2, 0.25) is 0 Å². The Bertz CT molecular complexity index is 1690. The molecule has 3 N–H and O–H groups in total. The molecule has 2 heterocycles. The normalized spacial score (nSPS) is 12.4. The number of hydrogen-bond acceptors (Lipinski definition) is 6. The topological polar surface area (TPSA) is 149 Å². The lowest BCUT2D eigenvalue weighted by Gasteiger charge is -2.14. The van der Waals surface area contributed by atoms with Gasteiger partial charge < -0.3 is 10.3 Å². The summed E-state index contributed by atoms with van der Waals surface area (Å²) in [7, 11) is 0. The number of imide groups is 1. The zero-order valence-electron chi connectivity index (χ0n) is 18.4. The first kappa shape index (κ1) is 22.4. The Morgan fingerprint density at radius 2 is 1.44 bits per heavy atom. The number of fused-ring (bicyclic) bond motifs is 1. The van der Waals surface area contributed by atoms with Gasteiger partial charge in [0.05, 0.1) is 16.8 Å². The van der Waals surface area contributed by atoms with E-state index in [1.54, 1.807) is 48.5 Å². The summed E-state index contributed by atoms with van der Waals surface area (Å²) in [5.74, 6) is -2.23. The van der Waals surface area contributed by atoms with Crippen LogP contribution in [0.1, 0.15) is 47.0 Å². The second-order valence-electron chi connectivity index (χ2n) is 7.89. The molecular formula is C26H16N4O6. The van der Waals surface area contributed by atoms with Crippen molar-refractivity contribution in [1.29, 1.82) is 0 Å². The summed E-state index contributed by atoms with van der Waals surface area (Å²) < 4.78 is 0. The van der Waals surface area contributed by atoms with Gasteiger partial charge in [0.1, 0.15) is 5.69 Å². The molecule has 0 saturated carbocycles. The van der Waals surface area contributed by atoms with E-state index in [2.05, 4.69) is 10.3 Å². The monoisotopic (exact) mass is 480 g/mol. The van der Waals surface area contributed by atoms with Gasteiger partial charge >= 0.3 is 5.69 Å². The average molecular weight is 480 g/mol. The molecule has 10 nitrogen and oxygen atoms in total. The number of aromatic amines is 2. The molecule has 3 amide bonds. The summed E-state index contributed by atoms with van der Waals surface area (Å²) in [6.07, 6.45) is 1.05. The molecule has 4 aromatic rings. The van der Waals surface area contributed by atoms with Gasteiger partial charge in [-0.3, -0.25) is 29.0 Å². The summed E-state index contributed by atoms with van der Waals surface area (Å²) >= 11 is 0. The largest absolute Gasteiger partial charge is 0.325 e. The first-order valence-electron chi connectivity index (χ1n) is 10.7. The molecule has 36 heavy (non-hydrogen) atoms. The van der Waals surface area contributed by atoms with Crippen molar-refractivity contribution >= 4 is 34.9 Å². The third-order valence-corrected chi connectivity index (χ3v) is 5.62. The van der Waals surface area contributed by atoms with Gasteiger partial charge in [-0.05, 0) is 30.3 Å². The number of carbonyl (C=O) groups excluding carboxylic acids is 4. The Balaban J connectivity index is 1.43. The van der Waals surface area contributed by atoms with Gasteiger partial charge in [-0.25, -0.2) is 9.69 Å². The molecule has 0 radical (unpaired) electrons. The van der Waals surface area contributed by atoms with Crippen LogP contribution in [0.25, 0.3) is 0 Å². The lowest BCUT2D eigenvalue weighted by Crippen LogP contribution is -2.29. The summed E-state index contributed by atoms with van der Waals surface area (Å²) in [5, 5.41) is 2.35. The van der Waals surface area contributed by atoms with Crippen molar-refractivity contribution in [3.8, 4) is 0 Å². The van der Waals surface area contributed by atoms with Crippen LogP contribution in [0.4, 0.5) is 11.4 Å². The molecule has 0 atom stereocenters. The molecule has 1 aliphatic heterocycles. The highest BCUT2D eigenvalue weighted by molar-refractivity contribution is 6.35. The van der Waals surface area contributed by atoms with Gasteiger partial charge in [0.25, 0.3) is 23.3 Å². The van der Waals surface area contributed by atoms with Crippen molar-refractivity contribution in [2.75, 3.05) is 10.2 Å². The molecule has 1 aliphatic rings. The standard InChI is InChI=1S/C26H16N4O6/c31-21(14-5-2-1-3-6-14)15-7-4-8-17(11-15)30-24(34)18-10-9-16(12-19(18)25(30)35)22(32)28-20-13-27-26(36)29-23(20)33/h1-13H,(H,28,32)(H2,27,29,33,36). The van der Waals surface area contributed by atoms with Gasteiger partial charge in [0.2, 0.25) is 0 Å². The van der Waals surface area contributed by atoms with Crippen LogP contribution in [0.15, 0.2) is 88.6 Å². The number of rotatable bonds is 5. The Morgan fingerprint density at radius 1 is 0.722 bits per heavy atom. The highest BCUT2D eigenvalue weighted by Crippen LogP contribution is 2.30. The van der Waals surface area contributed by atoms with Crippen LogP contribution in [-0.2, 0) is 0 Å². The Kier molecular flexibility index (Phi) is 5.46. The molecule has 0 spiro atoms. The number of carbonyl (C=O) groups is 4. The number of ketones is 1. The predicted octanol–water partition coefficient (Wildman–Crippen LogP) is 2.35. The van der Waals surface area contributed by atoms with Crippen molar-refractivity contribution in [3.63, 3.8) is 0 Å². The quantitative estimate of drug-likeness (QED) is 0.295. The average Bonchev–Trinajstić information content (AvgIpc) is 3.15. The van der Waals surface area contributed by atoms with Crippen LogP contribution in [0.5, 0.6) is 0 Å². The van der Waals surface area contributed by atoms with E-state index in [1.807, 2.05) is 4.98 Å². The fraction of sp³-hybridized carbons (Fsp3) is 0. The summed E-state index contributed by atoms with van der Waals surface area (Å²) in [5.41, 5.74) is -0.602. The lowest BCUT2D eigenvalue weighted by atomic mass is 10.0. The molecule has 0 fully saturated rings. The van der Waals surface area contributed by atoms with E-state index in [4.69, 9.17) is 0 Å². The molecule has 0 bridgehead atoms.